The highest BCUT2D eigenvalue weighted by molar-refractivity contribution is 5.94. The number of halogens is 4. The van der Waals surface area contributed by atoms with E-state index < -0.39 is 23.5 Å². The molecule has 81 valence electrons. The predicted molar refractivity (Wildman–Crippen MR) is 44.2 cm³/mol. The molecule has 0 fully saturated rings. The van der Waals surface area contributed by atoms with Gasteiger partial charge >= 0.3 is 6.18 Å². The molecule has 15 heavy (non-hydrogen) atoms. The van der Waals surface area contributed by atoms with E-state index in [1.807, 2.05) is 5.32 Å². The van der Waals surface area contributed by atoms with E-state index in [4.69, 9.17) is 0 Å². The molecule has 1 aromatic carbocycles. The minimum Gasteiger partial charge on any atom is -0.350 e. The van der Waals surface area contributed by atoms with Crippen molar-refractivity contribution in [2.45, 2.75) is 6.18 Å². The van der Waals surface area contributed by atoms with Gasteiger partial charge in [-0.05, 0) is 18.2 Å². The van der Waals surface area contributed by atoms with Crippen LogP contribution in [0.15, 0.2) is 18.2 Å². The molecular weight excluding hydrogens is 214 g/mol. The Morgan fingerprint density at radius 2 is 1.93 bits per heavy atom. The topological polar surface area (TPSA) is 29.1 Å². The molecule has 1 radical (unpaired) electrons. The maximum atomic E-state index is 12.8. The Hall–Kier alpha value is -1.59. The van der Waals surface area contributed by atoms with Crippen LogP contribution in [0, 0.1) is 12.9 Å². The third kappa shape index (κ3) is 2.45. The molecule has 0 saturated carbocycles. The van der Waals surface area contributed by atoms with Crippen molar-refractivity contribution in [2.24, 2.45) is 0 Å². The zero-order valence-corrected chi connectivity index (χ0v) is 7.36. The van der Waals surface area contributed by atoms with Crippen molar-refractivity contribution < 1.29 is 22.4 Å². The van der Waals surface area contributed by atoms with E-state index in [9.17, 15) is 22.4 Å². The van der Waals surface area contributed by atoms with E-state index in [1.54, 1.807) is 0 Å². The summed E-state index contributed by atoms with van der Waals surface area (Å²) >= 11 is 0. The highest BCUT2D eigenvalue weighted by Crippen LogP contribution is 2.31. The molecule has 0 heterocycles. The summed E-state index contributed by atoms with van der Waals surface area (Å²) in [5.41, 5.74) is -1.76. The molecule has 6 heteroatoms. The van der Waals surface area contributed by atoms with E-state index >= 15 is 0 Å². The molecule has 1 N–H and O–H groups in total. The lowest BCUT2D eigenvalue weighted by atomic mass is 10.1. The number of benzene rings is 1. The van der Waals surface area contributed by atoms with Gasteiger partial charge in [-0.2, -0.15) is 13.2 Å². The van der Waals surface area contributed by atoms with E-state index in [0.29, 0.717) is 12.1 Å². The van der Waals surface area contributed by atoms with Gasteiger partial charge in [0.15, 0.2) is 0 Å². The highest BCUT2D eigenvalue weighted by atomic mass is 19.4. The van der Waals surface area contributed by atoms with Crippen LogP contribution in [0.2, 0.25) is 0 Å². The first-order valence-electron chi connectivity index (χ1n) is 3.80. The molecule has 0 saturated heterocycles. The lowest BCUT2D eigenvalue weighted by molar-refractivity contribution is -0.140. The number of alkyl halides is 3. The van der Waals surface area contributed by atoms with Gasteiger partial charge in [-0.3, -0.25) is 4.79 Å². The van der Waals surface area contributed by atoms with Crippen molar-refractivity contribution in [1.29, 1.82) is 0 Å². The van der Waals surface area contributed by atoms with Gasteiger partial charge in [0.05, 0.1) is 5.56 Å². The summed E-state index contributed by atoms with van der Waals surface area (Å²) in [6.07, 6.45) is -4.82. The maximum absolute atomic E-state index is 12.8. The van der Waals surface area contributed by atoms with E-state index in [2.05, 4.69) is 7.05 Å². The van der Waals surface area contributed by atoms with Crippen molar-refractivity contribution in [3.63, 3.8) is 0 Å². The van der Waals surface area contributed by atoms with Gasteiger partial charge in [0.2, 0.25) is 0 Å². The molecule has 0 bridgehead atoms. The highest BCUT2D eigenvalue weighted by Gasteiger charge is 2.34. The molecule has 0 atom stereocenters. The number of hydrogen-bond donors (Lipinski definition) is 1. The van der Waals surface area contributed by atoms with Crippen LogP contribution in [0.3, 0.4) is 0 Å². The first kappa shape index (κ1) is 11.5. The minimum absolute atomic E-state index is 0.293. The third-order valence-electron chi connectivity index (χ3n) is 1.69. The lowest BCUT2D eigenvalue weighted by Crippen LogP contribution is -2.17. The summed E-state index contributed by atoms with van der Waals surface area (Å²) < 4.78 is 49.4. The number of amides is 1. The van der Waals surface area contributed by atoms with Crippen LogP contribution in [0.1, 0.15) is 15.9 Å². The first-order chi connectivity index (χ1) is 6.86. The van der Waals surface area contributed by atoms with Gasteiger partial charge in [0.25, 0.3) is 5.91 Å². The van der Waals surface area contributed by atoms with Crippen molar-refractivity contribution in [2.75, 3.05) is 0 Å². The van der Waals surface area contributed by atoms with E-state index in [0.717, 1.165) is 6.07 Å². The van der Waals surface area contributed by atoms with Crippen molar-refractivity contribution in [3.05, 3.63) is 42.2 Å². The zero-order chi connectivity index (χ0) is 11.6. The van der Waals surface area contributed by atoms with Gasteiger partial charge in [-0.25, -0.2) is 4.39 Å². The SMILES string of the molecule is [CH2]NC(=O)c1ccc(F)c(C(F)(F)F)c1. The van der Waals surface area contributed by atoms with E-state index in [-0.39, 0.29) is 5.56 Å². The average Bonchev–Trinajstić information content (AvgIpc) is 2.15. The van der Waals surface area contributed by atoms with Gasteiger partial charge in [0.1, 0.15) is 5.82 Å². The Bertz CT molecular complexity index is 386. The molecule has 1 rings (SSSR count). The standard InChI is InChI=1S/C9H6F4NO/c1-14-8(15)5-2-3-7(10)6(4-5)9(11,12)13/h2-4H,1H2,(H,14,15). The average molecular weight is 220 g/mol. The van der Waals surface area contributed by atoms with Crippen LogP contribution in [-0.4, -0.2) is 5.91 Å². The fourth-order valence-electron chi connectivity index (χ4n) is 0.986. The normalized spacial score (nSPS) is 11.3. The maximum Gasteiger partial charge on any atom is 0.419 e. The van der Waals surface area contributed by atoms with Crippen LogP contribution in [0.4, 0.5) is 17.6 Å². The van der Waals surface area contributed by atoms with Crippen LogP contribution >= 0.6 is 0 Å². The summed E-state index contributed by atoms with van der Waals surface area (Å²) in [6, 6.07) is 1.98. The quantitative estimate of drug-likeness (QED) is 0.723. The second-order valence-electron chi connectivity index (χ2n) is 2.70. The molecule has 2 nitrogen and oxygen atoms in total. The molecule has 0 aromatic heterocycles. The molecule has 0 aliphatic rings. The largest absolute Gasteiger partial charge is 0.419 e. The number of carbonyl (C=O) groups excluding carboxylic acids is 1. The predicted octanol–water partition coefficient (Wildman–Crippen LogP) is 2.37. The Labute approximate surface area is 82.9 Å². The first-order valence-corrected chi connectivity index (χ1v) is 3.80. The van der Waals surface area contributed by atoms with E-state index in [1.165, 1.54) is 0 Å². The van der Waals surface area contributed by atoms with Gasteiger partial charge in [0, 0.05) is 12.6 Å². The smallest absolute Gasteiger partial charge is 0.350 e. The molecular formula is C9H6F4NO. The number of rotatable bonds is 1. The van der Waals surface area contributed by atoms with Gasteiger partial charge in [-0.15, -0.1) is 0 Å². The van der Waals surface area contributed by atoms with Crippen LogP contribution in [-0.2, 0) is 6.18 Å². The van der Waals surface area contributed by atoms with Crippen LogP contribution < -0.4 is 5.32 Å². The van der Waals surface area contributed by atoms with Crippen LogP contribution in [0.5, 0.6) is 0 Å². The summed E-state index contributed by atoms with van der Waals surface area (Å²) in [6.45, 7) is 0. The molecule has 1 aromatic rings. The minimum atomic E-state index is -4.82. The molecule has 0 unspecified atom stereocenters. The fraction of sp³-hybridized carbons (Fsp3) is 0.111. The van der Waals surface area contributed by atoms with Crippen molar-refractivity contribution >= 4 is 5.91 Å². The summed E-state index contributed by atoms with van der Waals surface area (Å²) in [4.78, 5) is 10.9. The second-order valence-corrected chi connectivity index (χ2v) is 2.70. The third-order valence-corrected chi connectivity index (χ3v) is 1.69. The Morgan fingerprint density at radius 1 is 1.33 bits per heavy atom. The summed E-state index contributed by atoms with van der Waals surface area (Å²) in [5, 5.41) is 1.90. The lowest BCUT2D eigenvalue weighted by Gasteiger charge is -2.09. The number of hydrogen-bond acceptors (Lipinski definition) is 1. The molecule has 0 aliphatic heterocycles. The van der Waals surface area contributed by atoms with Crippen molar-refractivity contribution in [3.8, 4) is 0 Å². The van der Waals surface area contributed by atoms with Gasteiger partial charge < -0.3 is 5.32 Å². The number of nitrogens with one attached hydrogen (secondary N) is 1. The Balaban J connectivity index is 3.23. The van der Waals surface area contributed by atoms with Gasteiger partial charge in [-0.1, -0.05) is 0 Å². The summed E-state index contributed by atoms with van der Waals surface area (Å²) in [5.74, 6) is -2.22. The summed E-state index contributed by atoms with van der Waals surface area (Å²) in [7, 11) is 3.00. The molecule has 0 spiro atoms. The monoisotopic (exact) mass is 220 g/mol. The molecule has 0 aliphatic carbocycles. The Morgan fingerprint density at radius 3 is 2.40 bits per heavy atom. The van der Waals surface area contributed by atoms with Crippen LogP contribution in [0.25, 0.3) is 0 Å². The molecule has 1 amide bonds. The fourth-order valence-corrected chi connectivity index (χ4v) is 0.986. The second kappa shape index (κ2) is 3.88. The Kier molecular flexibility index (Phi) is 2.97. The van der Waals surface area contributed by atoms with Crippen molar-refractivity contribution in [1.82, 2.24) is 5.32 Å². The number of carbonyl (C=O) groups is 1. The zero-order valence-electron chi connectivity index (χ0n) is 7.36.